The van der Waals surface area contributed by atoms with Crippen molar-refractivity contribution in [3.05, 3.63) is 33.2 Å². The van der Waals surface area contributed by atoms with Crippen molar-refractivity contribution in [3.8, 4) is 10.9 Å². The average molecular weight is 300 g/mol. The number of hydrogen-bond acceptors (Lipinski definition) is 5. The summed E-state index contributed by atoms with van der Waals surface area (Å²) in [6.45, 7) is 2.31. The van der Waals surface area contributed by atoms with Crippen molar-refractivity contribution >= 4 is 27.3 Å². The number of hydrogen-bond donors (Lipinski definition) is 1. The lowest BCUT2D eigenvalue weighted by Gasteiger charge is -2.07. The smallest absolute Gasteiger partial charge is 0.299 e. The molecule has 1 aromatic heterocycles. The van der Waals surface area contributed by atoms with Crippen molar-refractivity contribution in [1.29, 1.82) is 0 Å². The molecule has 0 spiro atoms. The van der Waals surface area contributed by atoms with Gasteiger partial charge in [0, 0.05) is 16.6 Å². The fourth-order valence-electron chi connectivity index (χ4n) is 1.22. The van der Waals surface area contributed by atoms with E-state index in [1.54, 1.807) is 0 Å². The van der Waals surface area contributed by atoms with Crippen LogP contribution in [-0.2, 0) is 6.54 Å². The monoisotopic (exact) mass is 299 g/mol. The molecule has 1 aromatic carbocycles. The van der Waals surface area contributed by atoms with Gasteiger partial charge in [0.25, 0.3) is 5.19 Å². The van der Waals surface area contributed by atoms with E-state index in [-0.39, 0.29) is 0 Å². The van der Waals surface area contributed by atoms with Crippen molar-refractivity contribution in [2.24, 2.45) is 5.73 Å². The van der Waals surface area contributed by atoms with Gasteiger partial charge < -0.3 is 10.5 Å². The fraction of sp³-hybridized carbons (Fsp3) is 0.200. The van der Waals surface area contributed by atoms with Crippen molar-refractivity contribution in [2.75, 3.05) is 0 Å². The zero-order valence-electron chi connectivity index (χ0n) is 8.61. The third kappa shape index (κ3) is 2.58. The largest absolute Gasteiger partial charge is 0.429 e. The number of ether oxygens (including phenoxy) is 1. The van der Waals surface area contributed by atoms with Gasteiger partial charge in [-0.25, -0.2) is 0 Å². The lowest BCUT2D eigenvalue weighted by molar-refractivity contribution is 0.467. The molecule has 0 saturated heterocycles. The van der Waals surface area contributed by atoms with E-state index in [0.29, 0.717) is 11.7 Å². The predicted molar refractivity (Wildman–Crippen MR) is 66.8 cm³/mol. The maximum atomic E-state index is 5.64. The Kier molecular flexibility index (Phi) is 3.52. The number of aromatic nitrogens is 2. The molecule has 0 bridgehead atoms. The van der Waals surface area contributed by atoms with Crippen LogP contribution in [0.15, 0.2) is 22.7 Å². The van der Waals surface area contributed by atoms with E-state index < -0.39 is 0 Å². The summed E-state index contributed by atoms with van der Waals surface area (Å²) in [6.07, 6.45) is 0. The Morgan fingerprint density at radius 2 is 2.25 bits per heavy atom. The first-order valence-corrected chi connectivity index (χ1v) is 6.26. The van der Waals surface area contributed by atoms with Crippen molar-refractivity contribution in [1.82, 2.24) is 10.2 Å². The Hall–Kier alpha value is -0.980. The predicted octanol–water partition coefficient (Wildman–Crippen LogP) is 2.86. The van der Waals surface area contributed by atoms with E-state index in [1.165, 1.54) is 11.3 Å². The molecule has 1 heterocycles. The number of nitrogens with two attached hydrogens (primary N) is 1. The summed E-state index contributed by atoms with van der Waals surface area (Å²) in [6, 6.07) is 5.70. The summed E-state index contributed by atoms with van der Waals surface area (Å²) in [5, 5.41) is 9.20. The molecule has 2 rings (SSSR count). The van der Waals surface area contributed by atoms with Crippen molar-refractivity contribution < 1.29 is 4.74 Å². The first kappa shape index (κ1) is 11.5. The molecular weight excluding hydrogens is 290 g/mol. The molecule has 0 aliphatic carbocycles. The molecule has 6 heteroatoms. The first-order valence-electron chi connectivity index (χ1n) is 4.65. The normalized spacial score (nSPS) is 10.4. The third-order valence-corrected chi connectivity index (χ3v) is 3.16. The van der Waals surface area contributed by atoms with Gasteiger partial charge in [-0.15, -0.1) is 5.10 Å². The van der Waals surface area contributed by atoms with Gasteiger partial charge >= 0.3 is 0 Å². The molecule has 0 aliphatic heterocycles. The molecule has 2 aromatic rings. The van der Waals surface area contributed by atoms with Gasteiger partial charge in [-0.05, 0) is 25.1 Å². The van der Waals surface area contributed by atoms with E-state index in [0.717, 1.165) is 20.8 Å². The SMILES string of the molecule is Cc1nnc(Oc2ccc(Br)cc2CN)s1. The Bertz CT molecular complexity index is 501. The highest BCUT2D eigenvalue weighted by Crippen LogP contribution is 2.29. The molecule has 0 amide bonds. The van der Waals surface area contributed by atoms with Crippen LogP contribution in [0.25, 0.3) is 0 Å². The zero-order chi connectivity index (χ0) is 11.5. The zero-order valence-corrected chi connectivity index (χ0v) is 11.0. The molecule has 0 unspecified atom stereocenters. The average Bonchev–Trinajstić information content (AvgIpc) is 2.67. The minimum Gasteiger partial charge on any atom is -0.429 e. The van der Waals surface area contributed by atoms with Gasteiger partial charge in [-0.1, -0.05) is 32.4 Å². The molecule has 0 fully saturated rings. The Balaban J connectivity index is 2.27. The summed E-state index contributed by atoms with van der Waals surface area (Å²) >= 11 is 4.80. The molecule has 0 atom stereocenters. The van der Waals surface area contributed by atoms with Gasteiger partial charge in [0.05, 0.1) is 0 Å². The topological polar surface area (TPSA) is 61.0 Å². The van der Waals surface area contributed by atoms with Crippen LogP contribution in [-0.4, -0.2) is 10.2 Å². The van der Waals surface area contributed by atoms with Gasteiger partial charge in [0.1, 0.15) is 10.8 Å². The molecule has 16 heavy (non-hydrogen) atoms. The number of benzene rings is 1. The summed E-state index contributed by atoms with van der Waals surface area (Å²) in [5.74, 6) is 0.724. The number of aryl methyl sites for hydroxylation is 1. The van der Waals surface area contributed by atoms with Gasteiger partial charge in [0.15, 0.2) is 0 Å². The van der Waals surface area contributed by atoms with Crippen LogP contribution in [0, 0.1) is 6.92 Å². The summed E-state index contributed by atoms with van der Waals surface area (Å²) < 4.78 is 6.60. The van der Waals surface area contributed by atoms with E-state index in [4.69, 9.17) is 10.5 Å². The molecule has 0 aliphatic rings. The summed E-state index contributed by atoms with van der Waals surface area (Å²) in [4.78, 5) is 0. The number of halogens is 1. The second kappa shape index (κ2) is 4.90. The van der Waals surface area contributed by atoms with Crippen LogP contribution in [0.4, 0.5) is 0 Å². The van der Waals surface area contributed by atoms with Gasteiger partial charge in [0.2, 0.25) is 0 Å². The Morgan fingerprint density at radius 3 is 2.88 bits per heavy atom. The standard InChI is InChI=1S/C10H10BrN3OS/c1-6-13-14-10(16-6)15-9-3-2-8(11)4-7(9)5-12/h2-4H,5,12H2,1H3. The maximum absolute atomic E-state index is 5.64. The first-order chi connectivity index (χ1) is 7.69. The van der Waals surface area contributed by atoms with E-state index in [1.807, 2.05) is 25.1 Å². The van der Waals surface area contributed by atoms with Crippen LogP contribution in [0.3, 0.4) is 0 Å². The minimum absolute atomic E-state index is 0.423. The lowest BCUT2D eigenvalue weighted by Crippen LogP contribution is -1.99. The van der Waals surface area contributed by atoms with Crippen LogP contribution in [0.2, 0.25) is 0 Å². The number of rotatable bonds is 3. The van der Waals surface area contributed by atoms with Crippen LogP contribution >= 0.6 is 27.3 Å². The fourth-order valence-corrected chi connectivity index (χ4v) is 2.18. The van der Waals surface area contributed by atoms with E-state index in [9.17, 15) is 0 Å². The maximum Gasteiger partial charge on any atom is 0.299 e. The Labute approximate surface area is 106 Å². The Morgan fingerprint density at radius 1 is 1.44 bits per heavy atom. The van der Waals surface area contributed by atoms with Crippen molar-refractivity contribution in [2.45, 2.75) is 13.5 Å². The quantitative estimate of drug-likeness (QED) is 0.947. The molecule has 84 valence electrons. The van der Waals surface area contributed by atoms with E-state index in [2.05, 4.69) is 26.1 Å². The highest BCUT2D eigenvalue weighted by molar-refractivity contribution is 9.10. The molecule has 2 N–H and O–H groups in total. The molecule has 0 saturated carbocycles. The van der Waals surface area contributed by atoms with Crippen LogP contribution in [0.1, 0.15) is 10.6 Å². The minimum atomic E-state index is 0.423. The third-order valence-electron chi connectivity index (χ3n) is 1.95. The van der Waals surface area contributed by atoms with Crippen LogP contribution in [0.5, 0.6) is 10.9 Å². The van der Waals surface area contributed by atoms with Crippen LogP contribution < -0.4 is 10.5 Å². The second-order valence-electron chi connectivity index (χ2n) is 3.15. The number of nitrogens with zero attached hydrogens (tertiary/aromatic N) is 2. The highest BCUT2D eigenvalue weighted by atomic mass is 79.9. The van der Waals surface area contributed by atoms with E-state index >= 15 is 0 Å². The second-order valence-corrected chi connectivity index (χ2v) is 5.21. The van der Waals surface area contributed by atoms with Gasteiger partial charge in [-0.3, -0.25) is 0 Å². The lowest BCUT2D eigenvalue weighted by atomic mass is 10.2. The summed E-state index contributed by atoms with van der Waals surface area (Å²) in [5.41, 5.74) is 6.58. The molecular formula is C10H10BrN3OS. The molecule has 4 nitrogen and oxygen atoms in total. The van der Waals surface area contributed by atoms with Gasteiger partial charge in [-0.2, -0.15) is 0 Å². The van der Waals surface area contributed by atoms with Crippen molar-refractivity contribution in [3.63, 3.8) is 0 Å². The summed E-state index contributed by atoms with van der Waals surface area (Å²) in [7, 11) is 0. The molecule has 0 radical (unpaired) electrons. The highest BCUT2D eigenvalue weighted by Gasteiger charge is 2.07.